The van der Waals surface area contributed by atoms with Gasteiger partial charge < -0.3 is 9.32 Å². The molecule has 0 N–H and O–H groups in total. The van der Waals surface area contributed by atoms with Gasteiger partial charge in [-0.15, -0.1) is 0 Å². The van der Waals surface area contributed by atoms with Crippen molar-refractivity contribution in [2.75, 3.05) is 4.90 Å². The van der Waals surface area contributed by atoms with Crippen LogP contribution in [0, 0.1) is 0 Å². The molecule has 11 aromatic rings. The summed E-state index contributed by atoms with van der Waals surface area (Å²) in [4.78, 5) is 17.9. The van der Waals surface area contributed by atoms with Crippen LogP contribution in [0.15, 0.2) is 186 Å². The summed E-state index contributed by atoms with van der Waals surface area (Å²) in [5, 5.41) is 9.20. The van der Waals surface area contributed by atoms with Gasteiger partial charge >= 0.3 is 0 Å². The highest BCUT2D eigenvalue weighted by Crippen LogP contribution is 2.54. The van der Waals surface area contributed by atoms with Crippen molar-refractivity contribution in [1.29, 1.82) is 0 Å². The lowest BCUT2D eigenvalue weighted by Gasteiger charge is -2.35. The SMILES string of the molecule is c1ccc(-c2nc(-c3ccc4c(c3)oc3ccccc34)nc(-c3ccc(N4c5c(ccc6ccccc56)-c5cccc6cccc4c56)c4ccccc34)n2)cc1. The highest BCUT2D eigenvalue weighted by molar-refractivity contribution is 6.21. The molecule has 0 radical (unpaired) electrons. The summed E-state index contributed by atoms with van der Waals surface area (Å²) in [6.45, 7) is 0. The van der Waals surface area contributed by atoms with Gasteiger partial charge in [-0.1, -0.05) is 146 Å². The van der Waals surface area contributed by atoms with Crippen molar-refractivity contribution >= 4 is 71.3 Å². The van der Waals surface area contributed by atoms with Crippen molar-refractivity contribution in [3.05, 3.63) is 182 Å². The van der Waals surface area contributed by atoms with Gasteiger partial charge in [0, 0.05) is 49.2 Å². The quantitative estimate of drug-likeness (QED) is 0.182. The van der Waals surface area contributed by atoms with Crippen molar-refractivity contribution in [3.8, 4) is 45.3 Å². The van der Waals surface area contributed by atoms with Crippen molar-refractivity contribution in [2.45, 2.75) is 0 Å². The Bertz CT molecular complexity index is 3380. The van der Waals surface area contributed by atoms with Crippen LogP contribution in [0.1, 0.15) is 0 Å². The van der Waals surface area contributed by atoms with Gasteiger partial charge in [0.05, 0.1) is 17.1 Å². The van der Waals surface area contributed by atoms with Gasteiger partial charge in [0.25, 0.3) is 0 Å². The Kier molecular flexibility index (Phi) is 6.56. The third kappa shape index (κ3) is 4.58. The maximum Gasteiger partial charge on any atom is 0.164 e. The minimum absolute atomic E-state index is 0.587. The van der Waals surface area contributed by atoms with Crippen LogP contribution in [0.3, 0.4) is 0 Å². The average molecular weight is 715 g/mol. The van der Waals surface area contributed by atoms with Gasteiger partial charge in [0.15, 0.2) is 17.5 Å². The molecule has 5 heteroatoms. The van der Waals surface area contributed by atoms with Crippen LogP contribution >= 0.6 is 0 Å². The number of hydrogen-bond donors (Lipinski definition) is 0. The molecular weight excluding hydrogens is 685 g/mol. The number of rotatable bonds is 4. The minimum Gasteiger partial charge on any atom is -0.456 e. The molecule has 9 aromatic carbocycles. The maximum atomic E-state index is 6.29. The second-order valence-corrected chi connectivity index (χ2v) is 14.4. The zero-order valence-electron chi connectivity index (χ0n) is 30.0. The first kappa shape index (κ1) is 30.8. The van der Waals surface area contributed by atoms with E-state index in [0.29, 0.717) is 17.5 Å². The fraction of sp³-hybridized carbons (Fsp3) is 0. The minimum atomic E-state index is 0.587. The van der Waals surface area contributed by atoms with E-state index in [-0.39, 0.29) is 0 Å². The number of furan rings is 1. The van der Waals surface area contributed by atoms with E-state index < -0.39 is 0 Å². The lowest BCUT2D eigenvalue weighted by atomic mass is 9.88. The van der Waals surface area contributed by atoms with Gasteiger partial charge in [-0.25, -0.2) is 15.0 Å². The molecule has 0 spiro atoms. The fourth-order valence-corrected chi connectivity index (χ4v) is 8.70. The molecular formula is C51H30N4O. The van der Waals surface area contributed by atoms with Crippen LogP contribution in [-0.2, 0) is 0 Å². The third-order valence-electron chi connectivity index (χ3n) is 11.2. The average Bonchev–Trinajstić information content (AvgIpc) is 3.64. The van der Waals surface area contributed by atoms with Gasteiger partial charge in [-0.3, -0.25) is 0 Å². The highest BCUT2D eigenvalue weighted by atomic mass is 16.3. The molecule has 0 atom stereocenters. The van der Waals surface area contributed by atoms with E-state index in [1.165, 1.54) is 38.4 Å². The maximum absolute atomic E-state index is 6.29. The first-order chi connectivity index (χ1) is 27.8. The largest absolute Gasteiger partial charge is 0.456 e. The van der Waals surface area contributed by atoms with E-state index in [1.54, 1.807) is 0 Å². The summed E-state index contributed by atoms with van der Waals surface area (Å²) in [5.41, 5.74) is 10.3. The molecule has 0 saturated heterocycles. The van der Waals surface area contributed by atoms with Crippen LogP contribution in [0.25, 0.3) is 99.5 Å². The fourth-order valence-electron chi connectivity index (χ4n) is 8.70. The monoisotopic (exact) mass is 714 g/mol. The molecule has 3 heterocycles. The molecule has 0 fully saturated rings. The lowest BCUT2D eigenvalue weighted by Crippen LogP contribution is -2.16. The number of para-hydroxylation sites is 1. The second-order valence-electron chi connectivity index (χ2n) is 14.4. The Balaban J connectivity index is 1.09. The Labute approximate surface area is 321 Å². The molecule has 0 unspecified atom stereocenters. The molecule has 5 nitrogen and oxygen atoms in total. The number of anilines is 3. The first-order valence-electron chi connectivity index (χ1n) is 18.9. The van der Waals surface area contributed by atoms with Crippen LogP contribution < -0.4 is 4.90 Å². The molecule has 0 saturated carbocycles. The highest BCUT2D eigenvalue weighted by Gasteiger charge is 2.29. The molecule has 1 aliphatic heterocycles. The Morgan fingerprint density at radius 1 is 0.357 bits per heavy atom. The molecule has 56 heavy (non-hydrogen) atoms. The summed E-state index contributed by atoms with van der Waals surface area (Å²) in [6.07, 6.45) is 0. The van der Waals surface area contributed by atoms with Crippen molar-refractivity contribution < 1.29 is 4.42 Å². The summed E-state index contributed by atoms with van der Waals surface area (Å²) in [5.74, 6) is 1.81. The summed E-state index contributed by atoms with van der Waals surface area (Å²) in [7, 11) is 0. The van der Waals surface area contributed by atoms with E-state index >= 15 is 0 Å². The van der Waals surface area contributed by atoms with Crippen LogP contribution in [0.2, 0.25) is 0 Å². The van der Waals surface area contributed by atoms with Crippen LogP contribution in [0.5, 0.6) is 0 Å². The predicted molar refractivity (Wildman–Crippen MR) is 230 cm³/mol. The van der Waals surface area contributed by atoms with Gasteiger partial charge in [0.2, 0.25) is 0 Å². The Hall–Kier alpha value is -7.63. The summed E-state index contributed by atoms with van der Waals surface area (Å²) in [6, 6.07) is 64.0. The van der Waals surface area contributed by atoms with Crippen LogP contribution in [-0.4, -0.2) is 15.0 Å². The topological polar surface area (TPSA) is 55.1 Å². The number of hydrogen-bond acceptors (Lipinski definition) is 5. The van der Waals surface area contributed by atoms with Gasteiger partial charge in [-0.2, -0.15) is 0 Å². The number of aromatic nitrogens is 3. The zero-order chi connectivity index (χ0) is 36.7. The molecule has 0 bridgehead atoms. The van der Waals surface area contributed by atoms with Crippen molar-refractivity contribution in [2.24, 2.45) is 0 Å². The second kappa shape index (κ2) is 11.9. The number of fused-ring (bicyclic) bond motifs is 8. The zero-order valence-corrected chi connectivity index (χ0v) is 30.0. The standard InChI is InChI=1S/C51H30N4O/c1-2-13-33(14-3-1)49-52-50(34-25-26-39-38-20-8-9-23-45(38)56-46(39)30-34)54-51(53-49)42-28-29-43(37-19-7-6-18-36(37)42)55-44-22-11-16-32-15-10-21-40(47(32)44)41-27-24-31-12-4-5-17-35(31)48(41)55/h1-30H. The molecule has 1 aliphatic rings. The number of benzene rings is 9. The van der Waals surface area contributed by atoms with E-state index in [2.05, 4.69) is 132 Å². The van der Waals surface area contributed by atoms with Gasteiger partial charge in [-0.05, 0) is 58.1 Å². The predicted octanol–water partition coefficient (Wildman–Crippen LogP) is 13.7. The van der Waals surface area contributed by atoms with Gasteiger partial charge in [0.1, 0.15) is 11.2 Å². The molecule has 0 aliphatic carbocycles. The normalized spacial score (nSPS) is 12.2. The van der Waals surface area contributed by atoms with Crippen molar-refractivity contribution in [1.82, 2.24) is 15.0 Å². The smallest absolute Gasteiger partial charge is 0.164 e. The van der Waals surface area contributed by atoms with E-state index in [0.717, 1.165) is 60.8 Å². The van der Waals surface area contributed by atoms with E-state index in [4.69, 9.17) is 19.4 Å². The van der Waals surface area contributed by atoms with E-state index in [1.807, 2.05) is 54.6 Å². The van der Waals surface area contributed by atoms with E-state index in [9.17, 15) is 0 Å². The molecule has 2 aromatic heterocycles. The first-order valence-corrected chi connectivity index (χ1v) is 18.9. The lowest BCUT2D eigenvalue weighted by molar-refractivity contribution is 0.669. The summed E-state index contributed by atoms with van der Waals surface area (Å²) >= 11 is 0. The third-order valence-corrected chi connectivity index (χ3v) is 11.2. The molecule has 0 amide bonds. The number of nitrogens with zero attached hydrogens (tertiary/aromatic N) is 4. The van der Waals surface area contributed by atoms with Crippen molar-refractivity contribution in [3.63, 3.8) is 0 Å². The summed E-state index contributed by atoms with van der Waals surface area (Å²) < 4.78 is 6.29. The molecule has 260 valence electrons. The molecule has 12 rings (SSSR count). The Morgan fingerprint density at radius 3 is 1.89 bits per heavy atom. The van der Waals surface area contributed by atoms with Crippen LogP contribution in [0.4, 0.5) is 17.1 Å². The Morgan fingerprint density at radius 2 is 1.02 bits per heavy atom.